The molecule has 0 fully saturated rings. The molecule has 0 saturated carbocycles. The number of phenolic OH excluding ortho intramolecular Hbond substituents is 3. The normalized spacial score (nSPS) is 16.0. The van der Waals surface area contributed by atoms with E-state index in [-0.39, 0.29) is 65.0 Å². The van der Waals surface area contributed by atoms with E-state index in [4.69, 9.17) is 0 Å². The SMILES string of the molecule is CCCC(=O)c1c(O)c(C)c(O)c(CCCC(=O)C2=C(O)C(C)=C(O)C(C)(C)C2=O)c1O. The Morgan fingerprint density at radius 2 is 1.47 bits per heavy atom. The van der Waals surface area contributed by atoms with Crippen molar-refractivity contribution in [2.24, 2.45) is 5.41 Å². The molecule has 0 unspecified atom stereocenters. The van der Waals surface area contributed by atoms with Gasteiger partial charge in [0.1, 0.15) is 39.9 Å². The van der Waals surface area contributed by atoms with Crippen LogP contribution in [0, 0.1) is 12.3 Å². The minimum absolute atomic E-state index is 0.0113. The van der Waals surface area contributed by atoms with Gasteiger partial charge in [0.05, 0.1) is 5.41 Å². The topological polar surface area (TPSA) is 152 Å². The summed E-state index contributed by atoms with van der Waals surface area (Å²) in [7, 11) is 0. The van der Waals surface area contributed by atoms with Crippen LogP contribution in [0.2, 0.25) is 0 Å². The highest BCUT2D eigenvalue weighted by molar-refractivity contribution is 6.24. The van der Waals surface area contributed by atoms with Crippen molar-refractivity contribution in [3.8, 4) is 17.2 Å². The molecule has 0 saturated heterocycles. The first-order chi connectivity index (χ1) is 14.8. The van der Waals surface area contributed by atoms with Crippen molar-refractivity contribution < 1.29 is 39.9 Å². The van der Waals surface area contributed by atoms with E-state index in [1.807, 2.05) is 0 Å². The maximum atomic E-state index is 12.7. The number of aliphatic hydroxyl groups excluding tert-OH is 2. The van der Waals surface area contributed by atoms with Crippen LogP contribution in [0.15, 0.2) is 22.7 Å². The Kier molecular flexibility index (Phi) is 7.07. The average molecular weight is 446 g/mol. The lowest BCUT2D eigenvalue weighted by Crippen LogP contribution is -2.36. The molecule has 174 valence electrons. The Labute approximate surface area is 186 Å². The molecule has 8 heteroatoms. The molecule has 5 N–H and O–H groups in total. The van der Waals surface area contributed by atoms with Gasteiger partial charge in [-0.15, -0.1) is 0 Å². The molecule has 8 nitrogen and oxygen atoms in total. The maximum absolute atomic E-state index is 12.7. The van der Waals surface area contributed by atoms with Gasteiger partial charge in [-0.1, -0.05) is 6.92 Å². The van der Waals surface area contributed by atoms with Crippen LogP contribution in [0.3, 0.4) is 0 Å². The molecule has 1 aliphatic carbocycles. The fourth-order valence-corrected chi connectivity index (χ4v) is 3.86. The van der Waals surface area contributed by atoms with Gasteiger partial charge in [-0.2, -0.15) is 0 Å². The molecule has 0 aliphatic heterocycles. The van der Waals surface area contributed by atoms with Crippen LogP contribution < -0.4 is 0 Å². The first-order valence-corrected chi connectivity index (χ1v) is 10.5. The minimum atomic E-state index is -1.35. The van der Waals surface area contributed by atoms with Gasteiger partial charge < -0.3 is 25.5 Å². The van der Waals surface area contributed by atoms with Crippen LogP contribution in [0.4, 0.5) is 0 Å². The predicted octanol–water partition coefficient (Wildman–Crippen LogP) is 4.24. The quantitative estimate of drug-likeness (QED) is 0.294. The summed E-state index contributed by atoms with van der Waals surface area (Å²) in [5.74, 6) is -4.03. The highest BCUT2D eigenvalue weighted by atomic mass is 16.3. The van der Waals surface area contributed by atoms with Crippen LogP contribution in [0.5, 0.6) is 17.2 Å². The number of aromatic hydroxyl groups is 3. The molecule has 32 heavy (non-hydrogen) atoms. The third-order valence-electron chi connectivity index (χ3n) is 5.96. The summed E-state index contributed by atoms with van der Waals surface area (Å²) >= 11 is 0. The number of hydrogen-bond donors (Lipinski definition) is 5. The molecule has 1 aromatic carbocycles. The monoisotopic (exact) mass is 446 g/mol. The number of benzene rings is 1. The molecule has 0 bridgehead atoms. The minimum Gasteiger partial charge on any atom is -0.511 e. The maximum Gasteiger partial charge on any atom is 0.183 e. The van der Waals surface area contributed by atoms with Crippen LogP contribution in [0.25, 0.3) is 0 Å². The average Bonchev–Trinajstić information content (AvgIpc) is 2.72. The number of rotatable bonds is 8. The number of Topliss-reactive ketones (excluding diaryl/α,β-unsaturated/α-hetero) is 3. The number of hydrogen-bond acceptors (Lipinski definition) is 8. The lowest BCUT2D eigenvalue weighted by atomic mass is 9.74. The summed E-state index contributed by atoms with van der Waals surface area (Å²) in [5, 5.41) is 51.6. The zero-order valence-corrected chi connectivity index (χ0v) is 19.0. The van der Waals surface area contributed by atoms with Gasteiger partial charge in [-0.3, -0.25) is 14.4 Å². The van der Waals surface area contributed by atoms with Crippen molar-refractivity contribution in [3.05, 3.63) is 39.4 Å². The smallest absolute Gasteiger partial charge is 0.183 e. The van der Waals surface area contributed by atoms with Crippen LogP contribution in [-0.4, -0.2) is 42.9 Å². The van der Waals surface area contributed by atoms with E-state index in [0.29, 0.717) is 6.42 Å². The molecule has 2 rings (SSSR count). The third kappa shape index (κ3) is 4.09. The standard InChI is InChI=1S/C24H30O8/c1-6-8-14(25)16-19(28)11(2)18(27)13(21(16)30)9-7-10-15(26)17-20(29)12(3)22(31)24(4,5)23(17)32/h27-31H,6-10H2,1-5H3. The van der Waals surface area contributed by atoms with Gasteiger partial charge in [0.2, 0.25) is 0 Å². The highest BCUT2D eigenvalue weighted by Crippen LogP contribution is 2.43. The Balaban J connectivity index is 2.30. The van der Waals surface area contributed by atoms with Gasteiger partial charge in [-0.05, 0) is 47.0 Å². The lowest BCUT2D eigenvalue weighted by molar-refractivity contribution is -0.127. The van der Waals surface area contributed by atoms with Gasteiger partial charge >= 0.3 is 0 Å². The number of carbonyl (C=O) groups excluding carboxylic acids is 3. The number of aliphatic hydroxyl groups is 2. The van der Waals surface area contributed by atoms with E-state index in [9.17, 15) is 39.9 Å². The first kappa shape index (κ1) is 25.0. The highest BCUT2D eigenvalue weighted by Gasteiger charge is 2.43. The third-order valence-corrected chi connectivity index (χ3v) is 5.96. The van der Waals surface area contributed by atoms with Crippen molar-refractivity contribution in [2.75, 3.05) is 0 Å². The summed E-state index contributed by atoms with van der Waals surface area (Å²) in [6.45, 7) is 7.52. The number of carbonyl (C=O) groups is 3. The fourth-order valence-electron chi connectivity index (χ4n) is 3.86. The van der Waals surface area contributed by atoms with E-state index in [1.165, 1.54) is 27.7 Å². The molecule has 0 spiro atoms. The van der Waals surface area contributed by atoms with Gasteiger partial charge in [0.15, 0.2) is 17.3 Å². The van der Waals surface area contributed by atoms with Gasteiger partial charge in [0, 0.05) is 29.5 Å². The largest absolute Gasteiger partial charge is 0.511 e. The summed E-state index contributed by atoms with van der Waals surface area (Å²) in [5.41, 5.74) is -1.87. The second kappa shape index (κ2) is 9.06. The Morgan fingerprint density at radius 3 is 2.03 bits per heavy atom. The van der Waals surface area contributed by atoms with E-state index < -0.39 is 40.0 Å². The van der Waals surface area contributed by atoms with Crippen molar-refractivity contribution in [1.82, 2.24) is 0 Å². The first-order valence-electron chi connectivity index (χ1n) is 10.5. The van der Waals surface area contributed by atoms with E-state index >= 15 is 0 Å². The van der Waals surface area contributed by atoms with Crippen LogP contribution in [-0.2, 0) is 16.0 Å². The van der Waals surface area contributed by atoms with Gasteiger partial charge in [-0.25, -0.2) is 0 Å². The van der Waals surface area contributed by atoms with E-state index in [0.717, 1.165) is 0 Å². The van der Waals surface area contributed by atoms with Crippen molar-refractivity contribution in [2.45, 2.75) is 66.7 Å². The molecular weight excluding hydrogens is 416 g/mol. The molecule has 0 aromatic heterocycles. The second-order valence-electron chi connectivity index (χ2n) is 8.63. The summed E-state index contributed by atoms with van der Waals surface area (Å²) < 4.78 is 0. The van der Waals surface area contributed by atoms with Crippen molar-refractivity contribution in [1.29, 1.82) is 0 Å². The zero-order chi connectivity index (χ0) is 24.5. The van der Waals surface area contributed by atoms with Gasteiger partial charge in [0.25, 0.3) is 0 Å². The number of phenols is 3. The molecule has 0 amide bonds. The van der Waals surface area contributed by atoms with Crippen LogP contribution >= 0.6 is 0 Å². The Hall–Kier alpha value is -3.29. The Morgan fingerprint density at radius 1 is 0.875 bits per heavy atom. The predicted molar refractivity (Wildman–Crippen MR) is 117 cm³/mol. The molecule has 1 aromatic rings. The molecule has 0 radical (unpaired) electrons. The summed E-state index contributed by atoms with van der Waals surface area (Å²) in [6, 6.07) is 0. The molecule has 1 aliphatic rings. The number of allylic oxidation sites excluding steroid dienone is 3. The van der Waals surface area contributed by atoms with Crippen molar-refractivity contribution >= 4 is 17.3 Å². The fraction of sp³-hybridized carbons (Fsp3) is 0.458. The summed E-state index contributed by atoms with van der Waals surface area (Å²) in [6.07, 6.45) is 0.502. The van der Waals surface area contributed by atoms with E-state index in [2.05, 4.69) is 0 Å². The second-order valence-corrected chi connectivity index (χ2v) is 8.63. The number of ketones is 3. The molecule has 0 heterocycles. The summed E-state index contributed by atoms with van der Waals surface area (Å²) in [4.78, 5) is 37.7. The van der Waals surface area contributed by atoms with Crippen LogP contribution in [0.1, 0.15) is 74.9 Å². The van der Waals surface area contributed by atoms with E-state index in [1.54, 1.807) is 6.92 Å². The lowest BCUT2D eigenvalue weighted by Gasteiger charge is -2.29. The molecular formula is C24H30O8. The Bertz CT molecular complexity index is 1060. The van der Waals surface area contributed by atoms with Crippen molar-refractivity contribution in [3.63, 3.8) is 0 Å². The zero-order valence-electron chi connectivity index (χ0n) is 19.0. The molecule has 0 atom stereocenters.